The van der Waals surface area contributed by atoms with Gasteiger partial charge in [-0.15, -0.1) is 0 Å². The summed E-state index contributed by atoms with van der Waals surface area (Å²) in [6, 6.07) is 9.82. The highest BCUT2D eigenvalue weighted by Crippen LogP contribution is 2.36. The predicted octanol–water partition coefficient (Wildman–Crippen LogP) is 3.56. The molecule has 0 saturated carbocycles. The fourth-order valence-corrected chi connectivity index (χ4v) is 4.38. The van der Waals surface area contributed by atoms with Gasteiger partial charge in [0.1, 0.15) is 23.8 Å². The van der Waals surface area contributed by atoms with Gasteiger partial charge in [0.25, 0.3) is 0 Å². The van der Waals surface area contributed by atoms with Crippen LogP contribution in [0.1, 0.15) is 17.0 Å². The third kappa shape index (κ3) is 4.17. The fraction of sp³-hybridized carbons (Fsp3) is 0.200. The predicted molar refractivity (Wildman–Crippen MR) is 123 cm³/mol. The van der Waals surface area contributed by atoms with Gasteiger partial charge in [0.15, 0.2) is 0 Å². The van der Waals surface area contributed by atoms with Gasteiger partial charge in [0.2, 0.25) is 5.91 Å². The summed E-state index contributed by atoms with van der Waals surface area (Å²) in [7, 11) is 0. The van der Waals surface area contributed by atoms with E-state index in [9.17, 15) is 13.6 Å². The summed E-state index contributed by atoms with van der Waals surface area (Å²) in [6.07, 6.45) is 2.82. The fourth-order valence-electron chi connectivity index (χ4n) is 4.38. The summed E-state index contributed by atoms with van der Waals surface area (Å²) < 4.78 is 50.1. The molecule has 1 aliphatic rings. The van der Waals surface area contributed by atoms with Crippen LogP contribution in [0.2, 0.25) is 0 Å². The summed E-state index contributed by atoms with van der Waals surface area (Å²) in [5, 5.41) is 0.581. The Labute approximate surface area is 198 Å². The lowest BCUT2D eigenvalue weighted by molar-refractivity contribution is -0.118. The zero-order valence-corrected chi connectivity index (χ0v) is 18.4. The number of ether oxygens (including phenoxy) is 1. The van der Waals surface area contributed by atoms with E-state index in [2.05, 4.69) is 19.9 Å². The third-order valence-electron chi connectivity index (χ3n) is 6.05. The molecule has 1 atom stereocenters. The molecule has 2 N–H and O–H groups in total. The molecule has 1 fully saturated rings. The summed E-state index contributed by atoms with van der Waals surface area (Å²) in [4.78, 5) is 26.5. The Bertz CT molecular complexity index is 1410. The van der Waals surface area contributed by atoms with Gasteiger partial charge in [-0.3, -0.25) is 9.78 Å². The smallest absolute Gasteiger partial charge is 0.229 e. The number of fused-ring (bicyclic) bond motifs is 1. The molecule has 4 aromatic rings. The second kappa shape index (κ2) is 9.30. The Balaban J connectivity index is 1.62. The minimum absolute atomic E-state index is 0.0511. The van der Waals surface area contributed by atoms with Gasteiger partial charge in [-0.05, 0) is 24.3 Å². The van der Waals surface area contributed by atoms with E-state index < -0.39 is 34.8 Å². The number of morpholine rings is 1. The number of pyridine rings is 1. The van der Waals surface area contributed by atoms with Crippen molar-refractivity contribution in [1.82, 2.24) is 15.0 Å². The molecule has 0 aliphatic carbocycles. The highest BCUT2D eigenvalue weighted by atomic mass is 19.1. The number of aromatic nitrogens is 3. The van der Waals surface area contributed by atoms with Crippen LogP contribution >= 0.6 is 0 Å². The molecule has 10 heteroatoms. The minimum Gasteiger partial charge on any atom is -0.378 e. The van der Waals surface area contributed by atoms with Crippen molar-refractivity contribution in [2.24, 2.45) is 5.73 Å². The van der Waals surface area contributed by atoms with Gasteiger partial charge in [0.05, 0.1) is 42.7 Å². The van der Waals surface area contributed by atoms with Crippen molar-refractivity contribution in [3.8, 4) is 11.3 Å². The molecule has 0 spiro atoms. The van der Waals surface area contributed by atoms with Crippen molar-refractivity contribution in [1.29, 1.82) is 0 Å². The maximum Gasteiger partial charge on any atom is 0.229 e. The number of rotatable bonds is 5. The Morgan fingerprint density at radius 3 is 2.49 bits per heavy atom. The molecular formula is C25H20F3N5O2. The maximum atomic E-state index is 15.9. The van der Waals surface area contributed by atoms with Crippen LogP contribution in [0.15, 0.2) is 55.1 Å². The van der Waals surface area contributed by atoms with Crippen LogP contribution in [-0.4, -0.2) is 47.2 Å². The molecule has 178 valence electrons. The first-order chi connectivity index (χ1) is 17.0. The molecule has 1 saturated heterocycles. The summed E-state index contributed by atoms with van der Waals surface area (Å²) >= 11 is 0. The number of nitrogens with zero attached hydrogens (tertiary/aromatic N) is 4. The van der Waals surface area contributed by atoms with Crippen LogP contribution in [0.3, 0.4) is 0 Å². The van der Waals surface area contributed by atoms with Gasteiger partial charge in [-0.25, -0.2) is 23.1 Å². The van der Waals surface area contributed by atoms with E-state index in [0.29, 0.717) is 24.1 Å². The first kappa shape index (κ1) is 22.7. The number of hydrogen-bond acceptors (Lipinski definition) is 6. The van der Waals surface area contributed by atoms with Crippen LogP contribution < -0.4 is 10.6 Å². The SMILES string of the molecule is NC(=O)C(c1cccc(-c2ncnc3cc(N4CCOCC4)ccc23)c1F)c1c(F)cncc1F. The van der Waals surface area contributed by atoms with Crippen molar-refractivity contribution in [2.75, 3.05) is 31.2 Å². The molecule has 3 heterocycles. The lowest BCUT2D eigenvalue weighted by Crippen LogP contribution is -2.36. The largest absolute Gasteiger partial charge is 0.378 e. The number of amides is 1. The molecule has 1 unspecified atom stereocenters. The number of carbonyl (C=O) groups excluding carboxylic acids is 1. The Morgan fingerprint density at radius 2 is 1.77 bits per heavy atom. The monoisotopic (exact) mass is 479 g/mol. The van der Waals surface area contributed by atoms with E-state index in [1.807, 2.05) is 12.1 Å². The van der Waals surface area contributed by atoms with Gasteiger partial charge in [-0.1, -0.05) is 12.1 Å². The van der Waals surface area contributed by atoms with E-state index in [1.165, 1.54) is 24.5 Å². The van der Waals surface area contributed by atoms with Crippen molar-refractivity contribution < 1.29 is 22.7 Å². The van der Waals surface area contributed by atoms with Crippen molar-refractivity contribution in [3.63, 3.8) is 0 Å². The standard InChI is InChI=1S/C25H20F3N5O2/c26-18-11-30-12-19(27)22(18)21(25(29)34)16-2-1-3-17(23(16)28)24-15-5-4-14(10-20(15)31-13-32-24)33-6-8-35-9-7-33/h1-5,10-13,21H,6-9H2,(H2,29,34). The molecule has 0 radical (unpaired) electrons. The van der Waals surface area contributed by atoms with Crippen molar-refractivity contribution >= 4 is 22.5 Å². The van der Waals surface area contributed by atoms with Gasteiger partial charge in [0, 0.05) is 40.9 Å². The van der Waals surface area contributed by atoms with Crippen LogP contribution in [0.4, 0.5) is 18.9 Å². The Hall–Kier alpha value is -4.05. The number of anilines is 1. The summed E-state index contributed by atoms with van der Waals surface area (Å²) in [6.45, 7) is 2.75. The highest BCUT2D eigenvalue weighted by Gasteiger charge is 2.31. The van der Waals surface area contributed by atoms with Crippen LogP contribution in [0.25, 0.3) is 22.2 Å². The molecule has 35 heavy (non-hydrogen) atoms. The second-order valence-corrected chi connectivity index (χ2v) is 8.08. The minimum atomic E-state index is -1.70. The maximum absolute atomic E-state index is 15.9. The molecule has 2 aromatic carbocycles. The normalized spacial score (nSPS) is 14.8. The van der Waals surface area contributed by atoms with E-state index in [4.69, 9.17) is 10.5 Å². The van der Waals surface area contributed by atoms with Crippen molar-refractivity contribution in [3.05, 3.63) is 83.7 Å². The highest BCUT2D eigenvalue weighted by molar-refractivity contribution is 5.94. The van der Waals surface area contributed by atoms with E-state index >= 15 is 4.39 Å². The van der Waals surface area contributed by atoms with Crippen molar-refractivity contribution in [2.45, 2.75) is 5.92 Å². The second-order valence-electron chi connectivity index (χ2n) is 8.08. The number of halogens is 3. The van der Waals surface area contributed by atoms with E-state index in [-0.39, 0.29) is 16.8 Å². The summed E-state index contributed by atoms with van der Waals surface area (Å²) in [5.74, 6) is -5.85. The third-order valence-corrected chi connectivity index (χ3v) is 6.05. The number of carbonyl (C=O) groups is 1. The van der Waals surface area contributed by atoms with Gasteiger partial charge in [-0.2, -0.15) is 0 Å². The van der Waals surface area contributed by atoms with Crippen LogP contribution in [0.5, 0.6) is 0 Å². The van der Waals surface area contributed by atoms with E-state index in [0.717, 1.165) is 31.2 Å². The molecule has 1 aliphatic heterocycles. The Morgan fingerprint density at radius 1 is 1.03 bits per heavy atom. The molecular weight excluding hydrogens is 459 g/mol. The van der Waals surface area contributed by atoms with E-state index in [1.54, 1.807) is 6.07 Å². The first-order valence-electron chi connectivity index (χ1n) is 10.9. The average molecular weight is 479 g/mol. The molecule has 5 rings (SSSR count). The number of hydrogen-bond donors (Lipinski definition) is 1. The number of benzene rings is 2. The molecule has 0 bridgehead atoms. The Kier molecular flexibility index (Phi) is 6.04. The molecule has 2 aromatic heterocycles. The molecule has 7 nitrogen and oxygen atoms in total. The average Bonchev–Trinajstić information content (AvgIpc) is 2.86. The zero-order valence-electron chi connectivity index (χ0n) is 18.4. The lowest BCUT2D eigenvalue weighted by Gasteiger charge is -2.29. The lowest BCUT2D eigenvalue weighted by atomic mass is 9.88. The zero-order chi connectivity index (χ0) is 24.5. The molecule has 1 amide bonds. The first-order valence-corrected chi connectivity index (χ1v) is 10.9. The summed E-state index contributed by atoms with van der Waals surface area (Å²) in [5.41, 5.74) is 6.43. The van der Waals surface area contributed by atoms with Crippen LogP contribution in [-0.2, 0) is 9.53 Å². The number of primary amides is 1. The van der Waals surface area contributed by atoms with Gasteiger partial charge < -0.3 is 15.4 Å². The number of nitrogens with two attached hydrogens (primary N) is 1. The van der Waals surface area contributed by atoms with Gasteiger partial charge >= 0.3 is 0 Å². The van der Waals surface area contributed by atoms with Crippen LogP contribution in [0, 0.1) is 17.5 Å². The topological polar surface area (TPSA) is 94.2 Å². The quantitative estimate of drug-likeness (QED) is 0.471.